The number of ether oxygens (including phenoxy) is 2. The van der Waals surface area contributed by atoms with Gasteiger partial charge in [-0.15, -0.1) is 0 Å². The first-order valence-corrected chi connectivity index (χ1v) is 12.8. The second-order valence-corrected chi connectivity index (χ2v) is 11.0. The fourth-order valence-electron chi connectivity index (χ4n) is 5.34. The molecule has 0 fully saturated rings. The van der Waals surface area contributed by atoms with E-state index in [0.717, 1.165) is 33.4 Å². The first-order valence-electron chi connectivity index (χ1n) is 12.8. The molecule has 0 saturated heterocycles. The Morgan fingerprint density at radius 2 is 1.03 bits per heavy atom. The molecule has 9 heteroatoms. The van der Waals surface area contributed by atoms with E-state index in [4.69, 9.17) is 14.9 Å². The lowest BCUT2D eigenvalue weighted by Crippen LogP contribution is -2.59. The Labute approximate surface area is 223 Å². The van der Waals surface area contributed by atoms with Crippen molar-refractivity contribution < 1.29 is 29.3 Å². The SMILES string of the molecule is Cc1c(C)c2c(c(C)c1O)CCC(C)(C(=O)NC(=N)NC(=O)C1(C)CCc3c(C)c(O)c(C)c(C)c3O1)O2. The quantitative estimate of drug-likeness (QED) is 0.298. The van der Waals surface area contributed by atoms with Crippen LogP contribution in [0, 0.1) is 47.0 Å². The lowest BCUT2D eigenvalue weighted by molar-refractivity contribution is -0.136. The van der Waals surface area contributed by atoms with Gasteiger partial charge in [-0.05, 0) is 102 Å². The molecule has 0 saturated carbocycles. The first-order chi connectivity index (χ1) is 17.6. The van der Waals surface area contributed by atoms with Gasteiger partial charge < -0.3 is 19.7 Å². The Kier molecular flexibility index (Phi) is 6.62. The van der Waals surface area contributed by atoms with E-state index in [1.165, 1.54) is 0 Å². The maximum Gasteiger partial charge on any atom is 0.270 e. The summed E-state index contributed by atoms with van der Waals surface area (Å²) in [5.41, 5.74) is 3.63. The number of phenolic OH excluding ortho intramolecular Hbond substituents is 2. The van der Waals surface area contributed by atoms with Gasteiger partial charge in [0.25, 0.3) is 11.8 Å². The molecule has 2 heterocycles. The zero-order valence-corrected chi connectivity index (χ0v) is 23.4. The van der Waals surface area contributed by atoms with Crippen molar-refractivity contribution in [3.63, 3.8) is 0 Å². The number of carbonyl (C=O) groups excluding carboxylic acids is 2. The minimum Gasteiger partial charge on any atom is -0.507 e. The Hall–Kier alpha value is -3.75. The maximum absolute atomic E-state index is 13.2. The van der Waals surface area contributed by atoms with Crippen molar-refractivity contribution in [1.29, 1.82) is 5.41 Å². The number of carbonyl (C=O) groups is 2. The molecule has 0 aliphatic carbocycles. The highest BCUT2D eigenvalue weighted by Crippen LogP contribution is 2.44. The van der Waals surface area contributed by atoms with Crippen LogP contribution in [0.2, 0.25) is 0 Å². The Bertz CT molecular complexity index is 1290. The number of aromatic hydroxyl groups is 2. The lowest BCUT2D eigenvalue weighted by Gasteiger charge is -2.37. The highest BCUT2D eigenvalue weighted by atomic mass is 16.5. The lowest BCUT2D eigenvalue weighted by atomic mass is 9.86. The molecule has 5 N–H and O–H groups in total. The summed E-state index contributed by atoms with van der Waals surface area (Å²) in [6, 6.07) is 0. The number of phenols is 2. The predicted molar refractivity (Wildman–Crippen MR) is 143 cm³/mol. The molecule has 2 aromatic rings. The summed E-state index contributed by atoms with van der Waals surface area (Å²) in [5.74, 6) is 0.0668. The topological polar surface area (TPSA) is 141 Å². The Morgan fingerprint density at radius 3 is 1.37 bits per heavy atom. The van der Waals surface area contributed by atoms with Crippen LogP contribution in [-0.2, 0) is 22.4 Å². The number of guanidine groups is 1. The van der Waals surface area contributed by atoms with Gasteiger partial charge in [-0.25, -0.2) is 0 Å². The third-order valence-electron chi connectivity index (χ3n) is 8.48. The molecule has 0 spiro atoms. The fourth-order valence-corrected chi connectivity index (χ4v) is 5.34. The molecule has 2 atom stereocenters. The van der Waals surface area contributed by atoms with E-state index in [-0.39, 0.29) is 11.5 Å². The van der Waals surface area contributed by atoms with Crippen LogP contribution >= 0.6 is 0 Å². The second kappa shape index (κ2) is 9.22. The Balaban J connectivity index is 1.47. The van der Waals surface area contributed by atoms with Crippen molar-refractivity contribution >= 4 is 17.8 Å². The largest absolute Gasteiger partial charge is 0.507 e. The summed E-state index contributed by atoms with van der Waals surface area (Å²) < 4.78 is 12.4. The van der Waals surface area contributed by atoms with Gasteiger partial charge >= 0.3 is 0 Å². The fraction of sp³-hybridized carbons (Fsp3) is 0.483. The molecule has 2 unspecified atom stereocenters. The number of hydrogen-bond acceptors (Lipinski definition) is 7. The maximum atomic E-state index is 13.2. The number of rotatable bonds is 2. The minimum atomic E-state index is -1.26. The van der Waals surface area contributed by atoms with Gasteiger partial charge in [-0.2, -0.15) is 0 Å². The zero-order chi connectivity index (χ0) is 28.3. The van der Waals surface area contributed by atoms with Crippen LogP contribution < -0.4 is 20.1 Å². The number of hydrogen-bond donors (Lipinski definition) is 5. The molecule has 0 radical (unpaired) electrons. The molecule has 2 aromatic carbocycles. The van der Waals surface area contributed by atoms with Gasteiger partial charge in [-0.1, -0.05) is 0 Å². The summed E-state index contributed by atoms with van der Waals surface area (Å²) >= 11 is 0. The molecular formula is C29H37N3O6. The first kappa shape index (κ1) is 27.3. The van der Waals surface area contributed by atoms with Crippen LogP contribution in [0.4, 0.5) is 0 Å². The molecule has 4 rings (SSSR count). The van der Waals surface area contributed by atoms with Crippen LogP contribution in [0.1, 0.15) is 71.2 Å². The molecule has 0 bridgehead atoms. The van der Waals surface area contributed by atoms with Gasteiger partial charge in [-0.3, -0.25) is 25.6 Å². The zero-order valence-electron chi connectivity index (χ0n) is 23.4. The number of benzene rings is 2. The van der Waals surface area contributed by atoms with Crippen LogP contribution in [-0.4, -0.2) is 39.2 Å². The highest BCUT2D eigenvalue weighted by Gasteiger charge is 2.43. The van der Waals surface area contributed by atoms with E-state index in [2.05, 4.69) is 10.6 Å². The second-order valence-electron chi connectivity index (χ2n) is 11.0. The smallest absolute Gasteiger partial charge is 0.270 e. The van der Waals surface area contributed by atoms with E-state index in [0.29, 0.717) is 48.3 Å². The van der Waals surface area contributed by atoms with Gasteiger partial charge in [0.1, 0.15) is 23.0 Å². The van der Waals surface area contributed by atoms with Crippen molar-refractivity contribution in [2.45, 2.75) is 92.3 Å². The number of fused-ring (bicyclic) bond motifs is 2. The highest BCUT2D eigenvalue weighted by molar-refractivity contribution is 6.07. The van der Waals surface area contributed by atoms with E-state index >= 15 is 0 Å². The average molecular weight is 524 g/mol. The van der Waals surface area contributed by atoms with Crippen LogP contribution in [0.5, 0.6) is 23.0 Å². The third-order valence-corrected chi connectivity index (χ3v) is 8.48. The van der Waals surface area contributed by atoms with Crippen molar-refractivity contribution in [3.8, 4) is 23.0 Å². The summed E-state index contributed by atoms with van der Waals surface area (Å²) in [6.45, 7) is 14.3. The van der Waals surface area contributed by atoms with Crippen molar-refractivity contribution in [3.05, 3.63) is 44.5 Å². The number of nitrogens with one attached hydrogen (secondary N) is 3. The third kappa shape index (κ3) is 4.23. The minimum absolute atomic E-state index is 0.237. The summed E-state index contributed by atoms with van der Waals surface area (Å²) in [6.07, 6.45) is 1.74. The van der Waals surface area contributed by atoms with E-state index in [1.807, 2.05) is 27.7 Å². The van der Waals surface area contributed by atoms with Gasteiger partial charge in [0.05, 0.1) is 0 Å². The van der Waals surface area contributed by atoms with Crippen LogP contribution in [0.25, 0.3) is 0 Å². The van der Waals surface area contributed by atoms with Crippen molar-refractivity contribution in [2.24, 2.45) is 0 Å². The van der Waals surface area contributed by atoms with Gasteiger partial charge in [0, 0.05) is 24.0 Å². The van der Waals surface area contributed by atoms with E-state index in [1.54, 1.807) is 27.7 Å². The monoisotopic (exact) mass is 523 g/mol. The van der Waals surface area contributed by atoms with Gasteiger partial charge in [0.15, 0.2) is 11.2 Å². The number of amides is 2. The van der Waals surface area contributed by atoms with Crippen molar-refractivity contribution in [1.82, 2.24) is 10.6 Å². The van der Waals surface area contributed by atoms with E-state index < -0.39 is 29.0 Å². The molecule has 0 aromatic heterocycles. The summed E-state index contributed by atoms with van der Waals surface area (Å²) in [4.78, 5) is 26.4. The van der Waals surface area contributed by atoms with Gasteiger partial charge in [0.2, 0.25) is 5.96 Å². The average Bonchev–Trinajstić information content (AvgIpc) is 2.88. The molecule has 38 heavy (non-hydrogen) atoms. The molecule has 2 aliphatic rings. The normalized spacial score (nSPS) is 21.9. The molecule has 2 aliphatic heterocycles. The van der Waals surface area contributed by atoms with Crippen LogP contribution in [0.3, 0.4) is 0 Å². The van der Waals surface area contributed by atoms with Crippen molar-refractivity contribution in [2.75, 3.05) is 0 Å². The summed E-state index contributed by atoms with van der Waals surface area (Å²) in [7, 11) is 0. The van der Waals surface area contributed by atoms with E-state index in [9.17, 15) is 19.8 Å². The molecule has 2 amide bonds. The molecule has 9 nitrogen and oxygen atoms in total. The van der Waals surface area contributed by atoms with Crippen LogP contribution in [0.15, 0.2) is 0 Å². The molecular weight excluding hydrogens is 486 g/mol. The Morgan fingerprint density at radius 1 is 0.684 bits per heavy atom. The predicted octanol–water partition coefficient (Wildman–Crippen LogP) is 3.98. The summed E-state index contributed by atoms with van der Waals surface area (Å²) in [5, 5.41) is 34.0. The molecule has 204 valence electrons. The standard InChI is InChI=1S/C29H37N3O6/c1-13-15(3)23-19(17(5)21(13)33)9-11-28(7,37-23)25(35)31-27(30)32-26(36)29(8)12-10-20-18(6)22(34)14(2)16(4)24(20)38-29/h33-34H,9-12H2,1-8H3,(H3,30,31,32,35,36).